The molecule has 0 bridgehead atoms. The van der Waals surface area contributed by atoms with E-state index in [0.717, 1.165) is 11.1 Å². The average molecular weight is 527 g/mol. The van der Waals surface area contributed by atoms with Crippen molar-refractivity contribution in [1.29, 1.82) is 0 Å². The van der Waals surface area contributed by atoms with Gasteiger partial charge in [-0.1, -0.05) is 72.8 Å². The van der Waals surface area contributed by atoms with E-state index < -0.39 is 28.8 Å². The van der Waals surface area contributed by atoms with Crippen LogP contribution in [0.25, 0.3) is 0 Å². The Morgan fingerprint density at radius 3 is 1.97 bits per heavy atom. The van der Waals surface area contributed by atoms with Gasteiger partial charge in [-0.05, 0) is 29.3 Å². The number of para-hydroxylation sites is 1. The molecule has 4 aromatic rings. The summed E-state index contributed by atoms with van der Waals surface area (Å²) in [5.41, 5.74) is 1.84. The summed E-state index contributed by atoms with van der Waals surface area (Å²) in [5.74, 6) is -1.50. The molecule has 4 aromatic carbocycles. The lowest BCUT2D eigenvalue weighted by molar-refractivity contribution is -0.384. The van der Waals surface area contributed by atoms with E-state index >= 15 is 0 Å². The fourth-order valence-electron chi connectivity index (χ4n) is 4.21. The number of nitrogens with one attached hydrogen (secondary N) is 1. The van der Waals surface area contributed by atoms with Gasteiger partial charge in [0, 0.05) is 24.1 Å². The zero-order chi connectivity index (χ0) is 27.8. The van der Waals surface area contributed by atoms with E-state index in [0.29, 0.717) is 17.1 Å². The highest BCUT2D eigenvalue weighted by Gasteiger charge is 2.29. The van der Waals surface area contributed by atoms with Gasteiger partial charge in [-0.25, -0.2) is 4.79 Å². The van der Waals surface area contributed by atoms with Crippen LogP contribution in [0.15, 0.2) is 103 Å². The van der Waals surface area contributed by atoms with Crippen molar-refractivity contribution < 1.29 is 29.1 Å². The van der Waals surface area contributed by atoms with Gasteiger partial charge in [-0.15, -0.1) is 0 Å². The fourth-order valence-corrected chi connectivity index (χ4v) is 4.21. The third kappa shape index (κ3) is 6.58. The standard InChI is InChI=1S/C30H26N2O7/c1-38-26-14-8-13-22(28(26)39-24-17-15-23(16-18-24)32(36)37)19-25(30(34)35)31-29(33)27(20-9-4-2-5-10-20)21-11-6-3-7-12-21/h2-18,25,27H,19H2,1H3,(H,31,33)(H,34,35)/t25-/m1/s1. The minimum Gasteiger partial charge on any atom is -0.493 e. The van der Waals surface area contributed by atoms with Crippen molar-refractivity contribution in [2.45, 2.75) is 18.4 Å². The van der Waals surface area contributed by atoms with Crippen LogP contribution in [-0.4, -0.2) is 35.1 Å². The summed E-state index contributed by atoms with van der Waals surface area (Å²) in [4.78, 5) is 36.3. The second-order valence-electron chi connectivity index (χ2n) is 8.66. The summed E-state index contributed by atoms with van der Waals surface area (Å²) in [7, 11) is 1.45. The second kappa shape index (κ2) is 12.4. The number of nitro benzene ring substituents is 1. The maximum Gasteiger partial charge on any atom is 0.326 e. The first kappa shape index (κ1) is 26.9. The third-order valence-electron chi connectivity index (χ3n) is 6.11. The molecule has 4 rings (SSSR count). The van der Waals surface area contributed by atoms with Crippen LogP contribution >= 0.6 is 0 Å². The molecule has 9 heteroatoms. The molecule has 0 radical (unpaired) electrons. The topological polar surface area (TPSA) is 128 Å². The molecule has 1 amide bonds. The number of aliphatic carboxylic acids is 1. The number of carbonyl (C=O) groups excluding carboxylic acids is 1. The van der Waals surface area contributed by atoms with E-state index in [1.54, 1.807) is 18.2 Å². The molecule has 39 heavy (non-hydrogen) atoms. The van der Waals surface area contributed by atoms with E-state index in [-0.39, 0.29) is 17.9 Å². The van der Waals surface area contributed by atoms with E-state index in [4.69, 9.17) is 9.47 Å². The Balaban J connectivity index is 1.62. The molecule has 9 nitrogen and oxygen atoms in total. The molecule has 0 aliphatic heterocycles. The predicted molar refractivity (Wildman–Crippen MR) is 144 cm³/mol. The number of carboxylic acids is 1. The largest absolute Gasteiger partial charge is 0.493 e. The summed E-state index contributed by atoms with van der Waals surface area (Å²) in [6, 6.07) is 27.5. The number of methoxy groups -OCH3 is 1. The zero-order valence-corrected chi connectivity index (χ0v) is 21.0. The van der Waals surface area contributed by atoms with Crippen LogP contribution < -0.4 is 14.8 Å². The van der Waals surface area contributed by atoms with Crippen molar-refractivity contribution in [3.8, 4) is 17.2 Å². The molecule has 0 saturated heterocycles. The van der Waals surface area contributed by atoms with Crippen molar-refractivity contribution in [2.75, 3.05) is 7.11 Å². The normalized spacial score (nSPS) is 11.4. The van der Waals surface area contributed by atoms with Crippen molar-refractivity contribution in [3.63, 3.8) is 0 Å². The van der Waals surface area contributed by atoms with E-state index in [2.05, 4.69) is 5.32 Å². The summed E-state index contributed by atoms with van der Waals surface area (Å²) in [5, 5.41) is 23.7. The lowest BCUT2D eigenvalue weighted by atomic mass is 9.90. The first-order chi connectivity index (χ1) is 18.9. The second-order valence-corrected chi connectivity index (χ2v) is 8.66. The maximum atomic E-state index is 13.5. The number of carbonyl (C=O) groups is 2. The molecule has 0 aliphatic rings. The molecular formula is C30H26N2O7. The van der Waals surface area contributed by atoms with Crippen molar-refractivity contribution in [1.82, 2.24) is 5.32 Å². The zero-order valence-electron chi connectivity index (χ0n) is 21.0. The van der Waals surface area contributed by atoms with Crippen molar-refractivity contribution >= 4 is 17.6 Å². The van der Waals surface area contributed by atoms with E-state index in [1.807, 2.05) is 60.7 Å². The minimum absolute atomic E-state index is 0.0948. The number of benzene rings is 4. The van der Waals surface area contributed by atoms with Gasteiger partial charge < -0.3 is 19.9 Å². The van der Waals surface area contributed by atoms with Crippen molar-refractivity contribution in [2.24, 2.45) is 0 Å². The Morgan fingerprint density at radius 2 is 1.46 bits per heavy atom. The number of rotatable bonds is 11. The van der Waals surface area contributed by atoms with Gasteiger partial charge in [-0.3, -0.25) is 14.9 Å². The van der Waals surface area contributed by atoms with Crippen LogP contribution in [0.3, 0.4) is 0 Å². The smallest absolute Gasteiger partial charge is 0.326 e. The van der Waals surface area contributed by atoms with E-state index in [1.165, 1.54) is 31.4 Å². The van der Waals surface area contributed by atoms with Gasteiger partial charge >= 0.3 is 5.97 Å². The summed E-state index contributed by atoms with van der Waals surface area (Å²) < 4.78 is 11.4. The number of nitrogens with zero attached hydrogens (tertiary/aromatic N) is 1. The molecule has 198 valence electrons. The predicted octanol–water partition coefficient (Wildman–Crippen LogP) is 5.34. The number of hydrogen-bond acceptors (Lipinski definition) is 6. The van der Waals surface area contributed by atoms with Gasteiger partial charge in [0.2, 0.25) is 5.91 Å². The molecule has 0 spiro atoms. The van der Waals surface area contributed by atoms with Crippen LogP contribution in [0.2, 0.25) is 0 Å². The monoisotopic (exact) mass is 526 g/mol. The van der Waals surface area contributed by atoms with Gasteiger partial charge in [0.15, 0.2) is 11.5 Å². The third-order valence-corrected chi connectivity index (χ3v) is 6.11. The number of carboxylic acid groups (broad SMARTS) is 1. The Kier molecular flexibility index (Phi) is 8.53. The molecule has 2 N–H and O–H groups in total. The van der Waals surface area contributed by atoms with Crippen LogP contribution in [0.1, 0.15) is 22.6 Å². The quantitative estimate of drug-likeness (QED) is 0.199. The number of amides is 1. The maximum absolute atomic E-state index is 13.5. The molecule has 0 saturated carbocycles. The molecular weight excluding hydrogens is 500 g/mol. The first-order valence-electron chi connectivity index (χ1n) is 12.1. The van der Waals surface area contributed by atoms with Crippen molar-refractivity contribution in [3.05, 3.63) is 130 Å². The molecule has 0 fully saturated rings. The van der Waals surface area contributed by atoms with E-state index in [9.17, 15) is 24.8 Å². The highest BCUT2D eigenvalue weighted by molar-refractivity contribution is 5.90. The van der Waals surface area contributed by atoms with Crippen LogP contribution in [0, 0.1) is 10.1 Å². The molecule has 0 unspecified atom stereocenters. The SMILES string of the molecule is COc1cccc(C[C@@H](NC(=O)C(c2ccccc2)c2ccccc2)C(=O)O)c1Oc1ccc([N+](=O)[O-])cc1. The number of hydrogen-bond donors (Lipinski definition) is 2. The van der Waals surface area contributed by atoms with Gasteiger partial charge in [-0.2, -0.15) is 0 Å². The minimum atomic E-state index is -1.28. The molecule has 0 heterocycles. The van der Waals surface area contributed by atoms with Gasteiger partial charge in [0.25, 0.3) is 5.69 Å². The lowest BCUT2D eigenvalue weighted by Gasteiger charge is -2.22. The van der Waals surface area contributed by atoms with Crippen LogP contribution in [-0.2, 0) is 16.0 Å². The average Bonchev–Trinajstić information content (AvgIpc) is 2.95. The highest BCUT2D eigenvalue weighted by atomic mass is 16.6. The number of ether oxygens (including phenoxy) is 2. The Hall–Kier alpha value is -5.18. The Morgan fingerprint density at radius 1 is 0.872 bits per heavy atom. The number of non-ortho nitro benzene ring substituents is 1. The molecule has 1 atom stereocenters. The molecule has 0 aromatic heterocycles. The van der Waals surface area contributed by atoms with Gasteiger partial charge in [0.05, 0.1) is 18.0 Å². The Labute approximate surface area is 224 Å². The molecule has 0 aliphatic carbocycles. The highest BCUT2D eigenvalue weighted by Crippen LogP contribution is 2.36. The summed E-state index contributed by atoms with van der Waals surface area (Å²) in [6.07, 6.45) is -0.100. The van der Waals surface area contributed by atoms with Crippen LogP contribution in [0.5, 0.6) is 17.2 Å². The van der Waals surface area contributed by atoms with Crippen LogP contribution in [0.4, 0.5) is 5.69 Å². The number of nitro groups is 1. The summed E-state index contributed by atoms with van der Waals surface area (Å²) >= 11 is 0. The lowest BCUT2D eigenvalue weighted by Crippen LogP contribution is -2.44. The Bertz CT molecular complexity index is 1400. The fraction of sp³-hybridized carbons (Fsp3) is 0.133. The van der Waals surface area contributed by atoms with Gasteiger partial charge in [0.1, 0.15) is 11.8 Å². The summed E-state index contributed by atoms with van der Waals surface area (Å²) in [6.45, 7) is 0. The first-order valence-corrected chi connectivity index (χ1v) is 12.1.